The minimum atomic E-state index is -0.537. The Balaban J connectivity index is 2.28. The summed E-state index contributed by atoms with van der Waals surface area (Å²) in [6, 6.07) is 7.83. The van der Waals surface area contributed by atoms with E-state index in [1.165, 1.54) is 12.1 Å². The first-order valence-electron chi connectivity index (χ1n) is 6.18. The third kappa shape index (κ3) is 3.20. The van der Waals surface area contributed by atoms with Crippen molar-refractivity contribution >= 4 is 17.5 Å². The van der Waals surface area contributed by atoms with Gasteiger partial charge in [0.25, 0.3) is 0 Å². The van der Waals surface area contributed by atoms with E-state index in [2.05, 4.69) is 20.6 Å². The zero-order chi connectivity index (χ0) is 14.5. The summed E-state index contributed by atoms with van der Waals surface area (Å²) in [6.45, 7) is 4.54. The number of hydrogen-bond donors (Lipinski definition) is 2. The molecular weight excluding hydrogens is 257 g/mol. The van der Waals surface area contributed by atoms with E-state index in [-0.39, 0.29) is 5.56 Å². The molecule has 2 N–H and O–H groups in total. The van der Waals surface area contributed by atoms with Crippen molar-refractivity contribution in [2.45, 2.75) is 13.8 Å². The van der Waals surface area contributed by atoms with E-state index in [4.69, 9.17) is 5.26 Å². The van der Waals surface area contributed by atoms with E-state index in [0.717, 1.165) is 12.2 Å². The molecule has 1 heterocycles. The van der Waals surface area contributed by atoms with Crippen LogP contribution in [0, 0.1) is 24.1 Å². The van der Waals surface area contributed by atoms with Crippen LogP contribution < -0.4 is 10.6 Å². The van der Waals surface area contributed by atoms with Crippen molar-refractivity contribution in [1.29, 1.82) is 5.26 Å². The van der Waals surface area contributed by atoms with E-state index in [9.17, 15) is 4.39 Å². The molecule has 1 aromatic heterocycles. The average Bonchev–Trinajstić information content (AvgIpc) is 2.40. The smallest absolute Gasteiger partial charge is 0.224 e. The third-order valence-corrected chi connectivity index (χ3v) is 2.55. The highest BCUT2D eigenvalue weighted by molar-refractivity contribution is 5.59. The van der Waals surface area contributed by atoms with Gasteiger partial charge in [-0.05, 0) is 32.0 Å². The van der Waals surface area contributed by atoms with Crippen LogP contribution in [0.3, 0.4) is 0 Å². The molecule has 0 bridgehead atoms. The standard InChI is InChI=1S/C14H14FN5/c1-3-17-14-18-9(2)6-13(20-14)19-11-4-5-12(15)10(7-11)8-16/h4-7H,3H2,1-2H3,(H2,17,18,19,20). The van der Waals surface area contributed by atoms with Gasteiger partial charge in [0, 0.05) is 24.0 Å². The van der Waals surface area contributed by atoms with Gasteiger partial charge in [-0.25, -0.2) is 9.37 Å². The van der Waals surface area contributed by atoms with Crippen LogP contribution in [0.25, 0.3) is 0 Å². The number of anilines is 3. The Bertz CT molecular complexity index is 663. The lowest BCUT2D eigenvalue weighted by Crippen LogP contribution is -2.05. The summed E-state index contributed by atoms with van der Waals surface area (Å²) < 4.78 is 13.3. The minimum Gasteiger partial charge on any atom is -0.354 e. The van der Waals surface area contributed by atoms with Crippen molar-refractivity contribution in [2.75, 3.05) is 17.2 Å². The number of aromatic nitrogens is 2. The highest BCUT2D eigenvalue weighted by Crippen LogP contribution is 2.19. The summed E-state index contributed by atoms with van der Waals surface area (Å²) in [7, 11) is 0. The number of hydrogen-bond acceptors (Lipinski definition) is 5. The zero-order valence-electron chi connectivity index (χ0n) is 11.2. The first kappa shape index (κ1) is 13.7. The molecule has 0 saturated carbocycles. The van der Waals surface area contributed by atoms with Crippen molar-refractivity contribution in [3.05, 3.63) is 41.3 Å². The molecule has 2 aromatic rings. The highest BCUT2D eigenvalue weighted by Gasteiger charge is 2.05. The van der Waals surface area contributed by atoms with Crippen LogP contribution in [0.4, 0.5) is 21.8 Å². The fourth-order valence-electron chi connectivity index (χ4n) is 1.71. The van der Waals surface area contributed by atoms with Crippen molar-refractivity contribution in [1.82, 2.24) is 9.97 Å². The lowest BCUT2D eigenvalue weighted by atomic mass is 10.2. The summed E-state index contributed by atoms with van der Waals surface area (Å²) in [5.41, 5.74) is 1.40. The molecule has 0 radical (unpaired) electrons. The Morgan fingerprint density at radius 1 is 1.30 bits per heavy atom. The first-order valence-corrected chi connectivity index (χ1v) is 6.18. The first-order chi connectivity index (χ1) is 9.62. The van der Waals surface area contributed by atoms with E-state index in [0.29, 0.717) is 17.5 Å². The Morgan fingerprint density at radius 2 is 2.10 bits per heavy atom. The molecular formula is C14H14FN5. The normalized spacial score (nSPS) is 9.90. The largest absolute Gasteiger partial charge is 0.354 e. The van der Waals surface area contributed by atoms with Gasteiger partial charge in [-0.15, -0.1) is 0 Å². The Morgan fingerprint density at radius 3 is 2.80 bits per heavy atom. The summed E-state index contributed by atoms with van der Waals surface area (Å²) in [4.78, 5) is 8.53. The third-order valence-electron chi connectivity index (χ3n) is 2.55. The van der Waals surface area contributed by atoms with Crippen molar-refractivity contribution in [3.8, 4) is 6.07 Å². The fourth-order valence-corrected chi connectivity index (χ4v) is 1.71. The Hall–Kier alpha value is -2.68. The van der Waals surface area contributed by atoms with Crippen molar-refractivity contribution in [3.63, 3.8) is 0 Å². The lowest BCUT2D eigenvalue weighted by Gasteiger charge is -2.09. The predicted molar refractivity (Wildman–Crippen MR) is 75.3 cm³/mol. The number of aryl methyl sites for hydroxylation is 1. The molecule has 20 heavy (non-hydrogen) atoms. The second-order valence-corrected chi connectivity index (χ2v) is 4.18. The number of benzene rings is 1. The number of nitriles is 1. The Kier molecular flexibility index (Phi) is 4.11. The molecule has 0 atom stereocenters. The van der Waals surface area contributed by atoms with Gasteiger partial charge in [0.15, 0.2) is 0 Å². The van der Waals surface area contributed by atoms with Crippen molar-refractivity contribution < 1.29 is 4.39 Å². The molecule has 0 fully saturated rings. The predicted octanol–water partition coefficient (Wildman–Crippen LogP) is 2.97. The molecule has 0 unspecified atom stereocenters. The zero-order valence-corrected chi connectivity index (χ0v) is 11.2. The molecule has 0 aliphatic rings. The summed E-state index contributed by atoms with van der Waals surface area (Å²) in [6.07, 6.45) is 0. The Labute approximate surface area is 116 Å². The van der Waals surface area contributed by atoms with Gasteiger partial charge < -0.3 is 10.6 Å². The number of rotatable bonds is 4. The molecule has 6 heteroatoms. The summed E-state index contributed by atoms with van der Waals surface area (Å²) in [5.74, 6) is 0.576. The summed E-state index contributed by atoms with van der Waals surface area (Å²) >= 11 is 0. The molecule has 0 saturated heterocycles. The molecule has 2 rings (SSSR count). The molecule has 0 spiro atoms. The number of halogens is 1. The lowest BCUT2D eigenvalue weighted by molar-refractivity contribution is 0.624. The van der Waals surface area contributed by atoms with E-state index in [1.807, 2.05) is 13.8 Å². The molecule has 1 aromatic carbocycles. The van der Waals surface area contributed by atoms with Gasteiger partial charge >= 0.3 is 0 Å². The van der Waals surface area contributed by atoms with Crippen LogP contribution in [0.5, 0.6) is 0 Å². The topological polar surface area (TPSA) is 73.6 Å². The summed E-state index contributed by atoms with van der Waals surface area (Å²) in [5, 5.41) is 14.9. The van der Waals surface area contributed by atoms with Crippen LogP contribution in [0.15, 0.2) is 24.3 Å². The van der Waals surface area contributed by atoms with Crippen LogP contribution >= 0.6 is 0 Å². The van der Waals surface area contributed by atoms with Crippen LogP contribution in [-0.2, 0) is 0 Å². The highest BCUT2D eigenvalue weighted by atomic mass is 19.1. The molecule has 0 aliphatic carbocycles. The maximum Gasteiger partial charge on any atom is 0.224 e. The van der Waals surface area contributed by atoms with Crippen LogP contribution in [0.1, 0.15) is 18.2 Å². The molecule has 5 nitrogen and oxygen atoms in total. The maximum atomic E-state index is 13.3. The number of nitrogens with zero attached hydrogens (tertiary/aromatic N) is 3. The fraction of sp³-hybridized carbons (Fsp3) is 0.214. The molecule has 0 aliphatic heterocycles. The molecule has 102 valence electrons. The van der Waals surface area contributed by atoms with Crippen LogP contribution in [-0.4, -0.2) is 16.5 Å². The van der Waals surface area contributed by atoms with E-state index < -0.39 is 5.82 Å². The van der Waals surface area contributed by atoms with Gasteiger partial charge in [0.2, 0.25) is 5.95 Å². The van der Waals surface area contributed by atoms with Gasteiger partial charge in [0.05, 0.1) is 5.56 Å². The maximum absolute atomic E-state index is 13.3. The van der Waals surface area contributed by atoms with Gasteiger partial charge in [0.1, 0.15) is 17.7 Å². The SMILES string of the molecule is CCNc1nc(C)cc(Nc2ccc(F)c(C#N)c2)n1. The minimum absolute atomic E-state index is 0.00677. The van der Waals surface area contributed by atoms with E-state index in [1.54, 1.807) is 18.2 Å². The average molecular weight is 271 g/mol. The molecule has 0 amide bonds. The quantitative estimate of drug-likeness (QED) is 0.894. The van der Waals surface area contributed by atoms with Crippen LogP contribution in [0.2, 0.25) is 0 Å². The second kappa shape index (κ2) is 5.97. The second-order valence-electron chi connectivity index (χ2n) is 4.18. The van der Waals surface area contributed by atoms with E-state index >= 15 is 0 Å². The van der Waals surface area contributed by atoms with Crippen molar-refractivity contribution in [2.24, 2.45) is 0 Å². The number of nitrogens with one attached hydrogen (secondary N) is 2. The monoisotopic (exact) mass is 271 g/mol. The van der Waals surface area contributed by atoms with Gasteiger partial charge in [-0.3, -0.25) is 0 Å². The van der Waals surface area contributed by atoms with Gasteiger partial charge in [-0.2, -0.15) is 10.2 Å². The van der Waals surface area contributed by atoms with Gasteiger partial charge in [-0.1, -0.05) is 0 Å².